The lowest BCUT2D eigenvalue weighted by atomic mass is 9.82. The maximum absolute atomic E-state index is 14.6. The van der Waals surface area contributed by atoms with Crippen LogP contribution in [0.4, 0.5) is 22.0 Å². The highest BCUT2D eigenvalue weighted by Gasteiger charge is 2.30. The van der Waals surface area contributed by atoms with Gasteiger partial charge in [-0.25, -0.2) is 8.78 Å². The van der Waals surface area contributed by atoms with Gasteiger partial charge in [-0.3, -0.25) is 0 Å². The molecule has 0 unspecified atom stereocenters. The smallest absolute Gasteiger partial charge is 0.422 e. The first-order valence-electron chi connectivity index (χ1n) is 11.1. The van der Waals surface area contributed by atoms with E-state index in [4.69, 9.17) is 0 Å². The minimum absolute atomic E-state index is 0.0176. The van der Waals surface area contributed by atoms with E-state index >= 15 is 0 Å². The number of rotatable bonds is 4. The summed E-state index contributed by atoms with van der Waals surface area (Å²) in [5.41, 5.74) is 2.44. The molecule has 1 aliphatic rings. The number of benzene rings is 3. The van der Waals surface area contributed by atoms with Crippen molar-refractivity contribution in [3.8, 4) is 28.7 Å². The lowest BCUT2D eigenvalue weighted by molar-refractivity contribution is -0.154. The zero-order valence-corrected chi connectivity index (χ0v) is 18.4. The Balaban J connectivity index is 1.52. The Bertz CT molecular complexity index is 1240. The van der Waals surface area contributed by atoms with E-state index in [9.17, 15) is 22.0 Å². The van der Waals surface area contributed by atoms with E-state index in [1.165, 1.54) is 6.07 Å². The Morgan fingerprint density at radius 1 is 0.941 bits per heavy atom. The van der Waals surface area contributed by atoms with Crippen LogP contribution >= 0.6 is 0 Å². The van der Waals surface area contributed by atoms with Crippen LogP contribution in [0.5, 0.6) is 5.75 Å². The van der Waals surface area contributed by atoms with Crippen molar-refractivity contribution in [2.24, 2.45) is 11.8 Å². The zero-order valence-electron chi connectivity index (χ0n) is 18.4. The highest BCUT2D eigenvalue weighted by atomic mass is 19.4. The Morgan fingerprint density at radius 2 is 1.62 bits per heavy atom. The van der Waals surface area contributed by atoms with Crippen LogP contribution in [-0.4, -0.2) is 12.8 Å². The summed E-state index contributed by atoms with van der Waals surface area (Å²) >= 11 is 0. The molecule has 1 nitrogen and oxygen atoms in total. The molecule has 3 aromatic carbocycles. The van der Waals surface area contributed by atoms with E-state index in [2.05, 4.69) is 23.2 Å². The van der Waals surface area contributed by atoms with Crippen molar-refractivity contribution < 1.29 is 26.7 Å². The fourth-order valence-electron chi connectivity index (χ4n) is 4.21. The van der Waals surface area contributed by atoms with Crippen LogP contribution in [-0.2, 0) is 0 Å². The summed E-state index contributed by atoms with van der Waals surface area (Å²) in [7, 11) is 0. The van der Waals surface area contributed by atoms with Gasteiger partial charge in [0, 0.05) is 16.9 Å². The van der Waals surface area contributed by atoms with Gasteiger partial charge in [0.2, 0.25) is 0 Å². The number of hydrogen-bond acceptors (Lipinski definition) is 1. The zero-order chi connectivity index (χ0) is 24.3. The molecule has 3 aromatic rings. The summed E-state index contributed by atoms with van der Waals surface area (Å²) in [6, 6.07) is 13.2. The maximum atomic E-state index is 14.6. The molecular weight excluding hydrogens is 447 g/mol. The molecule has 1 aliphatic carbocycles. The predicted octanol–water partition coefficient (Wildman–Crippen LogP) is 8.07. The number of ether oxygens (including phenoxy) is 1. The molecule has 0 spiro atoms. The minimum Gasteiger partial charge on any atom is -0.478 e. The summed E-state index contributed by atoms with van der Waals surface area (Å²) in [4.78, 5) is 0. The molecule has 1 fully saturated rings. The van der Waals surface area contributed by atoms with Crippen molar-refractivity contribution >= 4 is 10.8 Å². The second-order valence-corrected chi connectivity index (χ2v) is 8.54. The van der Waals surface area contributed by atoms with Gasteiger partial charge in [-0.1, -0.05) is 42.2 Å². The predicted molar refractivity (Wildman–Crippen MR) is 123 cm³/mol. The Kier molecular flexibility index (Phi) is 6.92. The summed E-state index contributed by atoms with van der Waals surface area (Å²) < 4.78 is 70.4. The van der Waals surface area contributed by atoms with Gasteiger partial charge in [-0.15, -0.1) is 6.58 Å². The summed E-state index contributed by atoms with van der Waals surface area (Å²) in [5.74, 6) is 4.21. The van der Waals surface area contributed by atoms with E-state index in [0.29, 0.717) is 11.8 Å². The first-order valence-corrected chi connectivity index (χ1v) is 11.1. The van der Waals surface area contributed by atoms with Crippen LogP contribution in [0.3, 0.4) is 0 Å². The molecule has 0 aliphatic heterocycles. The normalized spacial score (nSPS) is 18.3. The number of hydrogen-bond donors (Lipinski definition) is 0. The summed E-state index contributed by atoms with van der Waals surface area (Å²) in [6.07, 6.45) is 1.74. The standard InChI is InChI=1S/C28H23F5O/c1-2-18-3-5-19(6-4-18)7-8-20-9-11-21(12-10-20)22-13-14-24-23(15-22)16-25(29)27(26(24)30)34-17-28(31,32)33/h2,9-16,18-19H,1,3-6,17H2. The van der Waals surface area contributed by atoms with Crippen molar-refractivity contribution in [1.82, 2.24) is 0 Å². The molecule has 0 aromatic heterocycles. The molecule has 1 saturated carbocycles. The SMILES string of the molecule is C=CC1CCC(C#Cc2ccc(-c3ccc4c(F)c(OCC(F)(F)F)c(F)cc4c3)cc2)CC1. The van der Waals surface area contributed by atoms with Crippen LogP contribution in [0.2, 0.25) is 0 Å². The van der Waals surface area contributed by atoms with Crippen molar-refractivity contribution in [1.29, 1.82) is 0 Å². The van der Waals surface area contributed by atoms with Crippen LogP contribution in [0.1, 0.15) is 31.2 Å². The summed E-state index contributed by atoms with van der Waals surface area (Å²) in [5, 5.41) is 0.210. The number of allylic oxidation sites excluding steroid dienone is 1. The molecule has 176 valence electrons. The molecule has 0 bridgehead atoms. The first-order chi connectivity index (χ1) is 16.2. The first kappa shape index (κ1) is 23.8. The minimum atomic E-state index is -4.70. The van der Waals surface area contributed by atoms with E-state index in [1.54, 1.807) is 12.1 Å². The lowest BCUT2D eigenvalue weighted by Crippen LogP contribution is -2.20. The molecule has 0 N–H and O–H groups in total. The van der Waals surface area contributed by atoms with Gasteiger partial charge in [-0.2, -0.15) is 13.2 Å². The van der Waals surface area contributed by atoms with Crippen molar-refractivity contribution in [3.05, 3.63) is 78.4 Å². The van der Waals surface area contributed by atoms with Gasteiger partial charge in [-0.05, 0) is 72.4 Å². The average Bonchev–Trinajstić information content (AvgIpc) is 2.82. The van der Waals surface area contributed by atoms with Gasteiger partial charge in [0.1, 0.15) is 0 Å². The molecular formula is C28H23F5O. The largest absolute Gasteiger partial charge is 0.478 e. The third-order valence-electron chi connectivity index (χ3n) is 6.11. The molecule has 0 heterocycles. The van der Waals surface area contributed by atoms with Crippen LogP contribution < -0.4 is 4.74 Å². The van der Waals surface area contributed by atoms with Gasteiger partial charge in [0.25, 0.3) is 0 Å². The van der Waals surface area contributed by atoms with Crippen LogP contribution in [0.15, 0.2) is 61.2 Å². The molecule has 6 heteroatoms. The van der Waals surface area contributed by atoms with Gasteiger partial charge >= 0.3 is 6.18 Å². The molecule has 0 radical (unpaired) electrons. The third-order valence-corrected chi connectivity index (χ3v) is 6.11. The lowest BCUT2D eigenvalue weighted by Gasteiger charge is -2.22. The third kappa shape index (κ3) is 5.59. The molecule has 0 amide bonds. The monoisotopic (exact) mass is 470 g/mol. The average molecular weight is 470 g/mol. The second kappa shape index (κ2) is 9.89. The Labute approximate surface area is 195 Å². The van der Waals surface area contributed by atoms with Crippen molar-refractivity contribution in [2.45, 2.75) is 31.9 Å². The van der Waals surface area contributed by atoms with Gasteiger partial charge in [0.05, 0.1) is 0 Å². The molecule has 4 rings (SSSR count). The second-order valence-electron chi connectivity index (χ2n) is 8.54. The van der Waals surface area contributed by atoms with E-state index < -0.39 is 30.2 Å². The van der Waals surface area contributed by atoms with E-state index in [0.717, 1.165) is 48.4 Å². The van der Waals surface area contributed by atoms with Gasteiger partial charge in [0.15, 0.2) is 24.0 Å². The highest BCUT2D eigenvalue weighted by Crippen LogP contribution is 2.34. The van der Waals surface area contributed by atoms with E-state index in [1.807, 2.05) is 30.3 Å². The number of alkyl halides is 3. The van der Waals surface area contributed by atoms with Crippen molar-refractivity contribution in [2.75, 3.05) is 6.61 Å². The number of halogens is 5. The Hall–Kier alpha value is -3.33. The van der Waals surface area contributed by atoms with Crippen LogP contribution in [0.25, 0.3) is 21.9 Å². The quantitative estimate of drug-likeness (QED) is 0.213. The van der Waals surface area contributed by atoms with Gasteiger partial charge < -0.3 is 4.74 Å². The van der Waals surface area contributed by atoms with E-state index in [-0.39, 0.29) is 10.8 Å². The topological polar surface area (TPSA) is 9.23 Å². The maximum Gasteiger partial charge on any atom is 0.422 e. The molecule has 0 atom stereocenters. The van der Waals surface area contributed by atoms with Crippen LogP contribution in [0, 0.1) is 35.3 Å². The molecule has 0 saturated heterocycles. The number of fused-ring (bicyclic) bond motifs is 1. The summed E-state index contributed by atoms with van der Waals surface area (Å²) in [6.45, 7) is 2.10. The fourth-order valence-corrected chi connectivity index (χ4v) is 4.21. The van der Waals surface area contributed by atoms with Crippen molar-refractivity contribution in [3.63, 3.8) is 0 Å². The highest BCUT2D eigenvalue weighted by molar-refractivity contribution is 5.89. The molecule has 34 heavy (non-hydrogen) atoms. The Morgan fingerprint density at radius 3 is 2.26 bits per heavy atom. The fraction of sp³-hybridized carbons (Fsp3) is 0.286.